The molecule has 2 rings (SSSR count). The van der Waals surface area contributed by atoms with Crippen molar-refractivity contribution in [2.24, 2.45) is 0 Å². The molecule has 1 unspecified atom stereocenters. The molecule has 0 spiro atoms. The van der Waals surface area contributed by atoms with Gasteiger partial charge in [0.25, 0.3) is 0 Å². The third-order valence-corrected chi connectivity index (χ3v) is 4.17. The first-order valence-corrected chi connectivity index (χ1v) is 7.96. The Balaban J connectivity index is 2.21. The molecule has 1 N–H and O–H groups in total. The maximum Gasteiger partial charge on any atom is 0.145 e. The van der Waals surface area contributed by atoms with Crippen molar-refractivity contribution in [2.75, 3.05) is 6.54 Å². The van der Waals surface area contributed by atoms with E-state index in [4.69, 9.17) is 11.6 Å². The maximum atomic E-state index is 14.0. The van der Waals surface area contributed by atoms with Crippen molar-refractivity contribution in [2.45, 2.75) is 32.7 Å². The highest BCUT2D eigenvalue weighted by atomic mass is 35.5. The van der Waals surface area contributed by atoms with Gasteiger partial charge in [0.15, 0.2) is 0 Å². The van der Waals surface area contributed by atoms with Crippen LogP contribution in [0, 0.1) is 12.7 Å². The van der Waals surface area contributed by atoms with Crippen LogP contribution < -0.4 is 5.32 Å². The zero-order chi connectivity index (χ0) is 14.5. The second-order valence-corrected chi connectivity index (χ2v) is 6.18. The molecule has 0 aliphatic carbocycles. The minimum absolute atomic E-state index is 0.0212. The van der Waals surface area contributed by atoms with Crippen LogP contribution in [0.25, 0.3) is 0 Å². The molecule has 0 aliphatic rings. The third-order valence-electron chi connectivity index (χ3n) is 3.09. The fourth-order valence-electron chi connectivity index (χ4n) is 2.07. The van der Waals surface area contributed by atoms with Crippen LogP contribution >= 0.6 is 22.9 Å². The number of hydrogen-bond donors (Lipinski definition) is 1. The number of rotatable bonds is 6. The van der Waals surface area contributed by atoms with Gasteiger partial charge in [-0.15, -0.1) is 11.3 Å². The molecule has 20 heavy (non-hydrogen) atoms. The summed E-state index contributed by atoms with van der Waals surface area (Å²) in [6, 6.07) is 5.15. The quantitative estimate of drug-likeness (QED) is 0.848. The molecule has 2 nitrogen and oxygen atoms in total. The first-order chi connectivity index (χ1) is 9.61. The highest BCUT2D eigenvalue weighted by molar-refractivity contribution is 7.09. The summed E-state index contributed by atoms with van der Waals surface area (Å²) in [5.74, 6) is -0.329. The Hall–Kier alpha value is -0.970. The summed E-state index contributed by atoms with van der Waals surface area (Å²) in [6.07, 6.45) is 1.58. The molecule has 0 bridgehead atoms. The van der Waals surface area contributed by atoms with Crippen LogP contribution in [0.15, 0.2) is 23.6 Å². The van der Waals surface area contributed by atoms with Crippen LogP contribution in [0.2, 0.25) is 5.02 Å². The van der Waals surface area contributed by atoms with Gasteiger partial charge in [0.05, 0.1) is 21.8 Å². The van der Waals surface area contributed by atoms with Gasteiger partial charge in [-0.3, -0.25) is 0 Å². The Kier molecular flexibility index (Phi) is 5.52. The van der Waals surface area contributed by atoms with Crippen LogP contribution in [0.1, 0.15) is 35.7 Å². The topological polar surface area (TPSA) is 24.9 Å². The Morgan fingerprint density at radius 1 is 1.45 bits per heavy atom. The van der Waals surface area contributed by atoms with E-state index in [9.17, 15) is 4.39 Å². The first-order valence-electron chi connectivity index (χ1n) is 6.70. The van der Waals surface area contributed by atoms with E-state index in [1.807, 2.05) is 12.3 Å². The van der Waals surface area contributed by atoms with Crippen molar-refractivity contribution in [3.63, 3.8) is 0 Å². The predicted octanol–water partition coefficient (Wildman–Crippen LogP) is 4.53. The summed E-state index contributed by atoms with van der Waals surface area (Å²) in [5, 5.41) is 6.66. The molecule has 0 fully saturated rings. The SMILES string of the molecule is CCCNC(Cc1cccc(Cl)c1F)c1csc(C)n1. The van der Waals surface area contributed by atoms with E-state index in [2.05, 4.69) is 17.2 Å². The number of nitrogens with zero attached hydrogens (tertiary/aromatic N) is 1. The maximum absolute atomic E-state index is 14.0. The third kappa shape index (κ3) is 3.78. The summed E-state index contributed by atoms with van der Waals surface area (Å²) < 4.78 is 14.0. The van der Waals surface area contributed by atoms with Crippen LogP contribution in [-0.4, -0.2) is 11.5 Å². The van der Waals surface area contributed by atoms with Gasteiger partial charge < -0.3 is 5.32 Å². The monoisotopic (exact) mass is 312 g/mol. The van der Waals surface area contributed by atoms with Crippen molar-refractivity contribution >= 4 is 22.9 Å². The Bertz CT molecular complexity index is 571. The van der Waals surface area contributed by atoms with E-state index >= 15 is 0 Å². The van der Waals surface area contributed by atoms with E-state index in [0.29, 0.717) is 12.0 Å². The Morgan fingerprint density at radius 2 is 2.25 bits per heavy atom. The van der Waals surface area contributed by atoms with E-state index < -0.39 is 0 Å². The van der Waals surface area contributed by atoms with E-state index in [1.165, 1.54) is 0 Å². The number of aryl methyl sites for hydroxylation is 1. The largest absolute Gasteiger partial charge is 0.308 e. The van der Waals surface area contributed by atoms with Crippen molar-refractivity contribution in [3.05, 3.63) is 50.7 Å². The lowest BCUT2D eigenvalue weighted by Gasteiger charge is -2.17. The van der Waals surface area contributed by atoms with E-state index in [1.54, 1.807) is 29.5 Å². The number of aromatic nitrogens is 1. The lowest BCUT2D eigenvalue weighted by Crippen LogP contribution is -2.24. The van der Waals surface area contributed by atoms with Gasteiger partial charge in [0.2, 0.25) is 0 Å². The summed E-state index contributed by atoms with van der Waals surface area (Å²) in [7, 11) is 0. The second kappa shape index (κ2) is 7.16. The summed E-state index contributed by atoms with van der Waals surface area (Å²) in [4.78, 5) is 4.51. The van der Waals surface area contributed by atoms with E-state index in [-0.39, 0.29) is 16.9 Å². The van der Waals surface area contributed by atoms with Gasteiger partial charge in [-0.05, 0) is 37.9 Å². The molecular weight excluding hydrogens is 295 g/mol. The molecule has 2 aromatic rings. The molecule has 1 atom stereocenters. The summed E-state index contributed by atoms with van der Waals surface area (Å²) in [6.45, 7) is 4.96. The average molecular weight is 313 g/mol. The van der Waals surface area contributed by atoms with Gasteiger partial charge in [0, 0.05) is 5.38 Å². The second-order valence-electron chi connectivity index (χ2n) is 4.72. The molecular formula is C15H18ClFN2S. The molecule has 0 amide bonds. The van der Waals surface area contributed by atoms with E-state index in [0.717, 1.165) is 23.7 Å². The van der Waals surface area contributed by atoms with Gasteiger partial charge >= 0.3 is 0 Å². The standard InChI is InChI=1S/C15H18ClFN2S/c1-3-7-18-13(14-9-20-10(2)19-14)8-11-5-4-6-12(16)15(11)17/h4-6,9,13,18H,3,7-8H2,1-2H3. The highest BCUT2D eigenvalue weighted by Crippen LogP contribution is 2.25. The minimum atomic E-state index is -0.329. The first kappa shape index (κ1) is 15.4. The molecule has 1 heterocycles. The predicted molar refractivity (Wildman–Crippen MR) is 83.0 cm³/mol. The number of halogens is 2. The fraction of sp³-hybridized carbons (Fsp3) is 0.400. The normalized spacial score (nSPS) is 12.6. The van der Waals surface area contributed by atoms with Gasteiger partial charge in [-0.2, -0.15) is 0 Å². The van der Waals surface area contributed by atoms with Crippen LogP contribution in [0.3, 0.4) is 0 Å². The number of benzene rings is 1. The zero-order valence-corrected chi connectivity index (χ0v) is 13.2. The number of nitrogens with one attached hydrogen (secondary N) is 1. The smallest absolute Gasteiger partial charge is 0.145 e. The fourth-order valence-corrected chi connectivity index (χ4v) is 2.93. The van der Waals surface area contributed by atoms with Gasteiger partial charge in [-0.1, -0.05) is 30.7 Å². The molecule has 0 saturated heterocycles. The van der Waals surface area contributed by atoms with Gasteiger partial charge in [-0.25, -0.2) is 9.37 Å². The molecule has 0 saturated carbocycles. The summed E-state index contributed by atoms with van der Waals surface area (Å²) >= 11 is 7.46. The molecule has 1 aromatic carbocycles. The molecule has 0 radical (unpaired) electrons. The van der Waals surface area contributed by atoms with Crippen LogP contribution in [-0.2, 0) is 6.42 Å². The van der Waals surface area contributed by atoms with Gasteiger partial charge in [0.1, 0.15) is 5.82 Å². The van der Waals surface area contributed by atoms with Crippen LogP contribution in [0.4, 0.5) is 4.39 Å². The molecule has 1 aromatic heterocycles. The summed E-state index contributed by atoms with van der Waals surface area (Å²) in [5.41, 5.74) is 1.59. The van der Waals surface area contributed by atoms with Crippen molar-refractivity contribution in [3.8, 4) is 0 Å². The Labute approximate surface area is 128 Å². The molecule has 108 valence electrons. The number of thiazole rings is 1. The van der Waals surface area contributed by atoms with Crippen molar-refractivity contribution in [1.29, 1.82) is 0 Å². The minimum Gasteiger partial charge on any atom is -0.308 e. The number of hydrogen-bond acceptors (Lipinski definition) is 3. The molecule has 0 aliphatic heterocycles. The van der Waals surface area contributed by atoms with Crippen molar-refractivity contribution in [1.82, 2.24) is 10.3 Å². The van der Waals surface area contributed by atoms with Crippen LogP contribution in [0.5, 0.6) is 0 Å². The highest BCUT2D eigenvalue weighted by Gasteiger charge is 2.17. The average Bonchev–Trinajstić information content (AvgIpc) is 2.86. The molecule has 5 heteroatoms. The Morgan fingerprint density at radius 3 is 2.90 bits per heavy atom. The van der Waals surface area contributed by atoms with Crippen molar-refractivity contribution < 1.29 is 4.39 Å². The lowest BCUT2D eigenvalue weighted by atomic mass is 10.0. The lowest BCUT2D eigenvalue weighted by molar-refractivity contribution is 0.505. The zero-order valence-electron chi connectivity index (χ0n) is 11.6.